The molecule has 0 aliphatic heterocycles. The van der Waals surface area contributed by atoms with E-state index in [1.165, 1.54) is 7.11 Å². The van der Waals surface area contributed by atoms with Crippen LogP contribution in [0.5, 0.6) is 0 Å². The number of hydrogen-bond acceptors (Lipinski definition) is 8. The van der Waals surface area contributed by atoms with Gasteiger partial charge in [-0.15, -0.1) is 10.2 Å². The number of anilines is 1. The van der Waals surface area contributed by atoms with Crippen LogP contribution in [0.2, 0.25) is 0 Å². The van der Waals surface area contributed by atoms with E-state index < -0.39 is 35.3 Å². The Bertz CT molecular complexity index is 1750. The minimum atomic E-state index is -4.94. The molecule has 0 atom stereocenters. The Morgan fingerprint density at radius 2 is 1.02 bits per heavy atom. The molecular formula is C36H30ClN2O8P. The van der Waals surface area contributed by atoms with E-state index in [0.717, 1.165) is 15.9 Å². The molecule has 0 fully saturated rings. The number of carbonyl (C=O) groups excluding carboxylic acids is 3. The van der Waals surface area contributed by atoms with Crippen molar-refractivity contribution in [2.24, 2.45) is 0 Å². The molecule has 5 aromatic carbocycles. The highest BCUT2D eigenvalue weighted by molar-refractivity contribution is 7.98. The molecule has 5 aromatic rings. The number of methoxy groups -OCH3 is 1. The van der Waals surface area contributed by atoms with Gasteiger partial charge in [0.1, 0.15) is 34.7 Å². The summed E-state index contributed by atoms with van der Waals surface area (Å²) in [7, 11) is -6.34. The van der Waals surface area contributed by atoms with E-state index in [1.807, 2.05) is 103 Å². The maximum atomic E-state index is 14.2. The maximum absolute atomic E-state index is 14.2. The summed E-state index contributed by atoms with van der Waals surface area (Å²) in [6.07, 6.45) is 0. The van der Waals surface area contributed by atoms with Crippen LogP contribution in [0, 0.1) is 10.2 Å². The summed E-state index contributed by atoms with van der Waals surface area (Å²) in [4.78, 5) is 40.2. The van der Waals surface area contributed by atoms with Gasteiger partial charge in [0.2, 0.25) is 0 Å². The zero-order chi connectivity index (χ0) is 34.6. The summed E-state index contributed by atoms with van der Waals surface area (Å²) in [5.41, 5.74) is 0.919. The second-order valence-electron chi connectivity index (χ2n) is 9.96. The zero-order valence-corrected chi connectivity index (χ0v) is 27.2. The molecule has 0 saturated heterocycles. The largest absolute Gasteiger partial charge is 0.465 e. The van der Waals surface area contributed by atoms with Gasteiger partial charge in [0, 0.05) is 5.56 Å². The van der Waals surface area contributed by atoms with Gasteiger partial charge >= 0.3 is 5.97 Å². The van der Waals surface area contributed by atoms with E-state index in [1.54, 1.807) is 48.5 Å². The van der Waals surface area contributed by atoms with Crippen LogP contribution in [0.25, 0.3) is 0 Å². The molecule has 2 amide bonds. The van der Waals surface area contributed by atoms with Gasteiger partial charge in [0.05, 0.1) is 18.4 Å². The fourth-order valence-electron chi connectivity index (χ4n) is 4.86. The smallest absolute Gasteiger partial charge is 0.339 e. The van der Waals surface area contributed by atoms with Crippen LogP contribution in [0.1, 0.15) is 20.7 Å². The van der Waals surface area contributed by atoms with Gasteiger partial charge in [-0.1, -0.05) is 84.9 Å². The third-order valence-corrected chi connectivity index (χ3v) is 10.9. The summed E-state index contributed by atoms with van der Waals surface area (Å²) < 4.78 is 38.9. The lowest BCUT2D eigenvalue weighted by Gasteiger charge is -2.25. The van der Waals surface area contributed by atoms with Crippen molar-refractivity contribution in [3.05, 3.63) is 168 Å². The number of amides is 2. The van der Waals surface area contributed by atoms with E-state index in [0.29, 0.717) is 5.56 Å². The molecule has 0 aliphatic carbocycles. The van der Waals surface area contributed by atoms with E-state index in [2.05, 4.69) is 10.6 Å². The Morgan fingerprint density at radius 3 is 1.46 bits per heavy atom. The van der Waals surface area contributed by atoms with E-state index >= 15 is 0 Å². The average molecular weight is 685 g/mol. The fraction of sp³-hybridized carbons (Fsp3) is 0.0278. The van der Waals surface area contributed by atoms with Crippen molar-refractivity contribution in [2.45, 2.75) is 0 Å². The molecule has 0 aromatic heterocycles. The van der Waals surface area contributed by atoms with Crippen LogP contribution in [-0.4, -0.2) is 24.9 Å². The van der Waals surface area contributed by atoms with Crippen molar-refractivity contribution >= 4 is 46.6 Å². The van der Waals surface area contributed by atoms with Crippen molar-refractivity contribution in [2.75, 3.05) is 12.4 Å². The van der Waals surface area contributed by atoms with Gasteiger partial charge in [-0.05, 0) is 60.7 Å². The Kier molecular flexibility index (Phi) is 12.3. The number of carbonyl (C=O) groups is 3. The van der Waals surface area contributed by atoms with Crippen molar-refractivity contribution in [3.8, 4) is 0 Å². The van der Waals surface area contributed by atoms with Crippen LogP contribution >= 0.6 is 7.26 Å². The monoisotopic (exact) mass is 684 g/mol. The second kappa shape index (κ2) is 16.6. The predicted octanol–water partition coefficient (Wildman–Crippen LogP) is 0.921. The highest BCUT2D eigenvalue weighted by atomic mass is 35.7. The summed E-state index contributed by atoms with van der Waals surface area (Å²) >= 11 is 0. The third-order valence-electron chi connectivity index (χ3n) is 6.92. The molecule has 12 heteroatoms. The Labute approximate surface area is 280 Å². The highest BCUT2D eigenvalue weighted by Gasteiger charge is 2.45. The number of nitrogens with one attached hydrogen (secondary N) is 2. The Balaban J connectivity index is 0.000000968. The van der Waals surface area contributed by atoms with Crippen molar-refractivity contribution in [1.29, 1.82) is 0 Å². The molecule has 244 valence electrons. The molecule has 0 heterocycles. The van der Waals surface area contributed by atoms with Crippen LogP contribution < -0.4 is 45.2 Å². The number of esters is 1. The molecule has 48 heavy (non-hydrogen) atoms. The number of benzene rings is 5. The molecule has 0 radical (unpaired) electrons. The number of ether oxygens (including phenoxy) is 1. The highest BCUT2D eigenvalue weighted by Crippen LogP contribution is 2.57. The number of para-hydroxylation sites is 1. The van der Waals surface area contributed by atoms with Gasteiger partial charge in [-0.2, -0.15) is 0 Å². The lowest BCUT2D eigenvalue weighted by Crippen LogP contribution is -2.68. The van der Waals surface area contributed by atoms with E-state index in [4.69, 9.17) is 23.4 Å². The van der Waals surface area contributed by atoms with Crippen LogP contribution in [-0.2, 0) is 9.53 Å². The van der Waals surface area contributed by atoms with Crippen molar-refractivity contribution in [1.82, 2.24) is 5.32 Å². The maximum Gasteiger partial charge on any atom is 0.339 e. The minimum Gasteiger partial charge on any atom is -0.465 e. The second-order valence-corrected chi connectivity index (χ2v) is 14.0. The summed E-state index contributed by atoms with van der Waals surface area (Å²) in [5, 5.41) is 8.76. The SMILES string of the molecule is COC(=O)c1ccccc1NC(=O)/C(=C/[P+](c1ccccc1)(c1ccccc1)c1ccccc1)NC(=O)c1ccccc1.[O-][Cl+3]([O-])([O-])[O-]. The first-order chi connectivity index (χ1) is 23.0. The normalized spacial score (nSPS) is 11.4. The lowest BCUT2D eigenvalue weighted by molar-refractivity contribution is -2.00. The summed E-state index contributed by atoms with van der Waals surface area (Å²) in [5.74, 6) is 0.294. The van der Waals surface area contributed by atoms with Gasteiger partial charge in [-0.25, -0.2) is 23.4 Å². The predicted molar refractivity (Wildman–Crippen MR) is 174 cm³/mol. The van der Waals surface area contributed by atoms with Crippen molar-refractivity contribution < 1.29 is 48.0 Å². The van der Waals surface area contributed by atoms with E-state index in [9.17, 15) is 14.4 Å². The lowest BCUT2D eigenvalue weighted by atomic mass is 10.1. The van der Waals surface area contributed by atoms with Crippen molar-refractivity contribution in [3.63, 3.8) is 0 Å². The van der Waals surface area contributed by atoms with Gasteiger partial charge < -0.3 is 15.4 Å². The fourth-order valence-corrected chi connectivity index (χ4v) is 8.69. The van der Waals surface area contributed by atoms with E-state index in [-0.39, 0.29) is 16.9 Å². The van der Waals surface area contributed by atoms with Crippen LogP contribution in [0.4, 0.5) is 5.69 Å². The average Bonchev–Trinajstić information content (AvgIpc) is 3.10. The zero-order valence-electron chi connectivity index (χ0n) is 25.5. The molecule has 0 unspecified atom stereocenters. The molecule has 0 aliphatic rings. The first-order valence-electron chi connectivity index (χ1n) is 14.3. The molecule has 5 rings (SSSR count). The minimum absolute atomic E-state index is 0.0541. The number of hydrogen-bond donors (Lipinski definition) is 2. The topological polar surface area (TPSA) is 177 Å². The molecule has 0 saturated carbocycles. The Morgan fingerprint density at radius 1 is 0.625 bits per heavy atom. The van der Waals surface area contributed by atoms with Crippen LogP contribution in [0.15, 0.2) is 157 Å². The quantitative estimate of drug-likeness (QED) is 0.131. The molecule has 0 spiro atoms. The molecule has 0 bridgehead atoms. The Hall–Kier alpha value is -5.19. The number of halogens is 1. The molecule has 2 N–H and O–H groups in total. The van der Waals surface area contributed by atoms with Crippen LogP contribution in [0.3, 0.4) is 0 Å². The first-order valence-corrected chi connectivity index (χ1v) is 17.4. The third kappa shape index (κ3) is 9.43. The van der Waals surface area contributed by atoms with Gasteiger partial charge in [0.15, 0.2) is 0 Å². The molecular weight excluding hydrogens is 655 g/mol. The number of rotatable bonds is 9. The summed E-state index contributed by atoms with van der Waals surface area (Å²) in [6.45, 7) is 0. The standard InChI is InChI=1S/C36H29N2O4P.ClHO4/c1-42-36(41)31-24-14-15-25-32(31)37-35(40)33(38-34(39)27-16-6-2-7-17-27)26-43(28-18-8-3-9-19-28,29-20-10-4-11-21-29)30-22-12-5-13-23-30;2-1(3,4)5/h2-26H,1H3,(H-,37,38,39,40,41);(H,2,3,4,5)/b33-26-;. The first kappa shape index (κ1) is 35.7. The van der Waals surface area contributed by atoms with Gasteiger partial charge in [-0.3, -0.25) is 9.59 Å². The molecule has 10 nitrogen and oxygen atoms in total. The van der Waals surface area contributed by atoms with Gasteiger partial charge in [0.25, 0.3) is 11.8 Å². The summed E-state index contributed by atoms with van der Waals surface area (Å²) in [6, 6.07) is 45.3.